The van der Waals surface area contributed by atoms with Gasteiger partial charge in [-0.2, -0.15) is 9.78 Å². The minimum absolute atomic E-state index is 0.0873. The molecule has 2 N–H and O–H groups in total. The number of nitrogens with zero attached hydrogens (tertiary/aromatic N) is 2. The van der Waals surface area contributed by atoms with Gasteiger partial charge in [-0.1, -0.05) is 41.4 Å². The van der Waals surface area contributed by atoms with Gasteiger partial charge in [-0.25, -0.2) is 0 Å². The smallest absolute Gasteiger partial charge is 0.271 e. The summed E-state index contributed by atoms with van der Waals surface area (Å²) in [6, 6.07) is 16.0. The van der Waals surface area contributed by atoms with Crippen LogP contribution in [0.15, 0.2) is 65.5 Å². The molecule has 148 valence electrons. The van der Waals surface area contributed by atoms with E-state index in [9.17, 15) is 14.4 Å². The average molecular weight is 431 g/mol. The van der Waals surface area contributed by atoms with Crippen LogP contribution < -0.4 is 16.2 Å². The van der Waals surface area contributed by atoms with E-state index in [4.69, 9.17) is 23.2 Å². The summed E-state index contributed by atoms with van der Waals surface area (Å²) in [4.78, 5) is 36.4. The lowest BCUT2D eigenvalue weighted by Crippen LogP contribution is -2.35. The van der Waals surface area contributed by atoms with Gasteiger partial charge >= 0.3 is 0 Å². The van der Waals surface area contributed by atoms with E-state index in [0.717, 1.165) is 4.68 Å². The number of carbonyl (C=O) groups excluding carboxylic acids is 2. The van der Waals surface area contributed by atoms with Gasteiger partial charge in [0.25, 0.3) is 17.4 Å². The van der Waals surface area contributed by atoms with Crippen molar-refractivity contribution in [3.8, 4) is 5.69 Å². The third-order valence-corrected chi connectivity index (χ3v) is 4.65. The molecule has 1 heterocycles. The molecule has 0 bridgehead atoms. The minimum Gasteiger partial charge on any atom is -0.350 e. The quantitative estimate of drug-likeness (QED) is 0.587. The fraction of sp³-hybridized carbons (Fsp3) is 0.100. The first-order chi connectivity index (χ1) is 14.0. The summed E-state index contributed by atoms with van der Waals surface area (Å²) in [5, 5.41) is 10.1. The molecule has 3 aromatic rings. The summed E-state index contributed by atoms with van der Waals surface area (Å²) < 4.78 is 1.15. The van der Waals surface area contributed by atoms with Crippen molar-refractivity contribution in [3.05, 3.63) is 92.3 Å². The van der Waals surface area contributed by atoms with Gasteiger partial charge in [-0.05, 0) is 36.4 Å². The molecule has 1 aromatic heterocycles. The fourth-order valence-electron chi connectivity index (χ4n) is 2.47. The molecule has 0 aliphatic carbocycles. The van der Waals surface area contributed by atoms with E-state index in [1.54, 1.807) is 30.3 Å². The molecule has 0 aliphatic rings. The Morgan fingerprint density at radius 3 is 2.24 bits per heavy atom. The fourth-order valence-corrected chi connectivity index (χ4v) is 2.77. The molecule has 2 aromatic carbocycles. The van der Waals surface area contributed by atoms with Gasteiger partial charge in [0.05, 0.1) is 15.7 Å². The summed E-state index contributed by atoms with van der Waals surface area (Å²) in [6.07, 6.45) is 0. The molecule has 0 atom stereocenters. The lowest BCUT2D eigenvalue weighted by molar-refractivity contribution is 0.0924. The van der Waals surface area contributed by atoms with Crippen LogP contribution in [0, 0.1) is 0 Å². The van der Waals surface area contributed by atoms with Gasteiger partial charge in [-0.15, -0.1) is 0 Å². The number of carbonyl (C=O) groups is 2. The first kappa shape index (κ1) is 20.6. The second-order valence-electron chi connectivity index (χ2n) is 5.94. The highest BCUT2D eigenvalue weighted by Crippen LogP contribution is 2.22. The molecule has 0 saturated carbocycles. The molecule has 0 spiro atoms. The van der Waals surface area contributed by atoms with E-state index >= 15 is 0 Å². The summed E-state index contributed by atoms with van der Waals surface area (Å²) in [6.45, 7) is 0.376. The Hall–Kier alpha value is -3.16. The predicted octanol–water partition coefficient (Wildman–Crippen LogP) is 2.70. The van der Waals surface area contributed by atoms with E-state index in [-0.39, 0.29) is 35.3 Å². The maximum atomic E-state index is 12.3. The lowest BCUT2D eigenvalue weighted by atomic mass is 10.2. The van der Waals surface area contributed by atoms with Crippen molar-refractivity contribution < 1.29 is 9.59 Å². The van der Waals surface area contributed by atoms with Crippen LogP contribution in [-0.4, -0.2) is 34.7 Å². The van der Waals surface area contributed by atoms with Crippen LogP contribution in [0.4, 0.5) is 0 Å². The van der Waals surface area contributed by atoms with Crippen molar-refractivity contribution in [2.45, 2.75) is 0 Å². The Labute approximate surface area is 176 Å². The number of amides is 2. The SMILES string of the molecule is O=C(NCCNC(=O)c1ccc(=O)n(-c2ccccc2)n1)c1ccc(Cl)c(Cl)c1. The molecule has 9 heteroatoms. The molecule has 0 radical (unpaired) electrons. The van der Waals surface area contributed by atoms with Crippen molar-refractivity contribution in [2.75, 3.05) is 13.1 Å². The summed E-state index contributed by atoms with van der Waals surface area (Å²) >= 11 is 11.7. The number of para-hydroxylation sites is 1. The average Bonchev–Trinajstić information content (AvgIpc) is 2.73. The van der Waals surface area contributed by atoms with Crippen molar-refractivity contribution in [3.63, 3.8) is 0 Å². The summed E-state index contributed by atoms with van der Waals surface area (Å²) in [5.41, 5.74) is 0.661. The normalized spacial score (nSPS) is 10.4. The Morgan fingerprint density at radius 1 is 0.862 bits per heavy atom. The third kappa shape index (κ3) is 5.22. The van der Waals surface area contributed by atoms with Gasteiger partial charge in [0.1, 0.15) is 5.69 Å². The number of aromatic nitrogens is 2. The molecule has 29 heavy (non-hydrogen) atoms. The highest BCUT2D eigenvalue weighted by molar-refractivity contribution is 6.42. The molecule has 2 amide bonds. The van der Waals surface area contributed by atoms with Crippen LogP contribution in [0.1, 0.15) is 20.8 Å². The Kier molecular flexibility index (Phi) is 6.64. The number of rotatable bonds is 6. The lowest BCUT2D eigenvalue weighted by Gasteiger charge is -2.09. The molecule has 7 nitrogen and oxygen atoms in total. The number of hydrogen-bond donors (Lipinski definition) is 2. The van der Waals surface area contributed by atoms with E-state index in [1.807, 2.05) is 6.07 Å². The Bertz CT molecular complexity index is 1100. The van der Waals surface area contributed by atoms with Crippen molar-refractivity contribution in [1.29, 1.82) is 0 Å². The van der Waals surface area contributed by atoms with Crippen molar-refractivity contribution in [2.24, 2.45) is 0 Å². The van der Waals surface area contributed by atoms with Gasteiger partial charge in [0.15, 0.2) is 0 Å². The van der Waals surface area contributed by atoms with Crippen LogP contribution in [0.25, 0.3) is 5.69 Å². The van der Waals surface area contributed by atoms with Gasteiger partial charge in [0.2, 0.25) is 0 Å². The van der Waals surface area contributed by atoms with E-state index < -0.39 is 5.91 Å². The molecule has 0 saturated heterocycles. The summed E-state index contributed by atoms with van der Waals surface area (Å²) in [5.74, 6) is -0.799. The standard InChI is InChI=1S/C20H16Cl2N4O3/c21-15-7-6-13(12-16(15)22)19(28)23-10-11-24-20(29)17-8-9-18(27)26(25-17)14-4-2-1-3-5-14/h1-9,12H,10-11H2,(H,23,28)(H,24,29). The number of halogens is 2. The van der Waals surface area contributed by atoms with Gasteiger partial charge < -0.3 is 10.6 Å². The van der Waals surface area contributed by atoms with Crippen LogP contribution >= 0.6 is 23.2 Å². The first-order valence-electron chi connectivity index (χ1n) is 8.63. The largest absolute Gasteiger partial charge is 0.350 e. The van der Waals surface area contributed by atoms with E-state index in [1.165, 1.54) is 24.3 Å². The van der Waals surface area contributed by atoms with Gasteiger partial charge in [-0.3, -0.25) is 14.4 Å². The zero-order valence-corrected chi connectivity index (χ0v) is 16.6. The zero-order chi connectivity index (χ0) is 20.8. The monoisotopic (exact) mass is 430 g/mol. The highest BCUT2D eigenvalue weighted by atomic mass is 35.5. The summed E-state index contributed by atoms with van der Waals surface area (Å²) in [7, 11) is 0. The van der Waals surface area contributed by atoms with E-state index in [2.05, 4.69) is 15.7 Å². The Morgan fingerprint density at radius 2 is 1.55 bits per heavy atom. The second-order valence-corrected chi connectivity index (χ2v) is 6.76. The molecule has 0 aliphatic heterocycles. The number of benzene rings is 2. The van der Waals surface area contributed by atoms with Gasteiger partial charge in [0, 0.05) is 24.7 Å². The molecule has 0 unspecified atom stereocenters. The maximum Gasteiger partial charge on any atom is 0.271 e. The first-order valence-corrected chi connectivity index (χ1v) is 9.38. The minimum atomic E-state index is -0.460. The third-order valence-electron chi connectivity index (χ3n) is 3.91. The molecular formula is C20H16Cl2N4O3. The zero-order valence-electron chi connectivity index (χ0n) is 15.1. The number of nitrogens with one attached hydrogen (secondary N) is 2. The molecular weight excluding hydrogens is 415 g/mol. The van der Waals surface area contributed by atoms with E-state index in [0.29, 0.717) is 16.3 Å². The van der Waals surface area contributed by atoms with Crippen LogP contribution in [0.5, 0.6) is 0 Å². The van der Waals surface area contributed by atoms with Crippen LogP contribution in [0.3, 0.4) is 0 Å². The molecule has 0 fully saturated rings. The number of hydrogen-bond acceptors (Lipinski definition) is 4. The predicted molar refractivity (Wildman–Crippen MR) is 111 cm³/mol. The second kappa shape index (κ2) is 9.36. The Balaban J connectivity index is 1.56. The highest BCUT2D eigenvalue weighted by Gasteiger charge is 2.11. The topological polar surface area (TPSA) is 93.1 Å². The van der Waals surface area contributed by atoms with Crippen molar-refractivity contribution in [1.82, 2.24) is 20.4 Å². The van der Waals surface area contributed by atoms with Crippen molar-refractivity contribution >= 4 is 35.0 Å². The van der Waals surface area contributed by atoms with Crippen LogP contribution in [-0.2, 0) is 0 Å². The maximum absolute atomic E-state index is 12.3. The molecule has 3 rings (SSSR count). The van der Waals surface area contributed by atoms with Crippen LogP contribution in [0.2, 0.25) is 10.0 Å².